The first-order valence-corrected chi connectivity index (χ1v) is 10.0. The van der Waals surface area contributed by atoms with E-state index < -0.39 is 0 Å². The van der Waals surface area contributed by atoms with Crippen LogP contribution in [-0.4, -0.2) is 38.0 Å². The summed E-state index contributed by atoms with van der Waals surface area (Å²) < 4.78 is 5.10. The largest absolute Gasteiger partial charge is 0.466 e. The van der Waals surface area contributed by atoms with Crippen LogP contribution in [0.5, 0.6) is 0 Å². The molecule has 1 saturated heterocycles. The summed E-state index contributed by atoms with van der Waals surface area (Å²) in [6.07, 6.45) is 3.61. The summed E-state index contributed by atoms with van der Waals surface area (Å²) in [6.45, 7) is 3.41. The molecule has 0 radical (unpaired) electrons. The van der Waals surface area contributed by atoms with E-state index in [1.54, 1.807) is 0 Å². The maximum absolute atomic E-state index is 11.8. The lowest BCUT2D eigenvalue weighted by Gasteiger charge is -2.27. The number of rotatable bonds is 6. The molecule has 0 unspecified atom stereocenters. The fourth-order valence-corrected chi connectivity index (χ4v) is 4.11. The number of fused-ring (bicyclic) bond motifs is 3. The number of carbonyl (C=O) groups excluding carboxylic acids is 1. The van der Waals surface area contributed by atoms with Crippen molar-refractivity contribution in [1.82, 2.24) is 5.32 Å². The molecule has 0 bridgehead atoms. The second-order valence-corrected chi connectivity index (χ2v) is 7.33. The molecule has 1 N–H and O–H groups in total. The van der Waals surface area contributed by atoms with Crippen LogP contribution in [0.4, 0.5) is 0 Å². The van der Waals surface area contributed by atoms with Crippen LogP contribution in [0.3, 0.4) is 0 Å². The zero-order valence-electron chi connectivity index (χ0n) is 16.1. The maximum Gasteiger partial charge on any atom is 0.310 e. The lowest BCUT2D eigenvalue weighted by atomic mass is 9.95. The van der Waals surface area contributed by atoms with E-state index in [1.807, 2.05) is 13.1 Å². The van der Waals surface area contributed by atoms with E-state index >= 15 is 0 Å². The Morgan fingerprint density at radius 2 is 1.79 bits per heavy atom. The Labute approximate surface area is 165 Å². The molecular formula is C23H26N2O3. The predicted molar refractivity (Wildman–Crippen MR) is 109 cm³/mol. The van der Waals surface area contributed by atoms with Gasteiger partial charge in [0, 0.05) is 18.5 Å². The Kier molecular flexibility index (Phi) is 5.72. The van der Waals surface area contributed by atoms with Crippen LogP contribution in [0.1, 0.15) is 36.8 Å². The van der Waals surface area contributed by atoms with Gasteiger partial charge in [-0.05, 0) is 42.0 Å². The third-order valence-corrected chi connectivity index (χ3v) is 5.58. The summed E-state index contributed by atoms with van der Waals surface area (Å²) in [5.74, 6) is -0.0305. The molecule has 0 spiro atoms. The van der Waals surface area contributed by atoms with E-state index in [0.29, 0.717) is 19.8 Å². The van der Waals surface area contributed by atoms with Crippen LogP contribution in [0.15, 0.2) is 53.7 Å². The quantitative estimate of drug-likeness (QED) is 0.473. The SMILES string of the molecule is CCOC(=O)[C@@H]1CC[C@H](CO/N=C/C2c3ccccc3-c3ccccc32)NC1. The first-order valence-electron chi connectivity index (χ1n) is 10.0. The Hall–Kier alpha value is -2.66. The lowest BCUT2D eigenvalue weighted by molar-refractivity contribution is -0.148. The summed E-state index contributed by atoms with van der Waals surface area (Å²) in [5, 5.41) is 7.64. The highest BCUT2D eigenvalue weighted by Crippen LogP contribution is 2.43. The number of nitrogens with zero attached hydrogens (tertiary/aromatic N) is 1. The minimum atomic E-state index is -0.106. The lowest BCUT2D eigenvalue weighted by Crippen LogP contribution is -2.44. The van der Waals surface area contributed by atoms with Gasteiger partial charge in [0.05, 0.1) is 18.7 Å². The Bertz CT molecular complexity index is 811. The number of benzene rings is 2. The molecule has 28 heavy (non-hydrogen) atoms. The van der Waals surface area contributed by atoms with Gasteiger partial charge in [0.2, 0.25) is 0 Å². The van der Waals surface area contributed by atoms with Crippen LogP contribution in [0, 0.1) is 5.92 Å². The van der Waals surface area contributed by atoms with Gasteiger partial charge in [-0.3, -0.25) is 4.79 Å². The van der Waals surface area contributed by atoms with Gasteiger partial charge in [0.1, 0.15) is 6.61 Å². The topological polar surface area (TPSA) is 59.9 Å². The molecule has 0 amide bonds. The first-order chi connectivity index (χ1) is 13.8. The molecule has 2 aliphatic rings. The summed E-state index contributed by atoms with van der Waals surface area (Å²) >= 11 is 0. The number of carbonyl (C=O) groups is 1. The average Bonchev–Trinajstić information content (AvgIpc) is 3.06. The Balaban J connectivity index is 1.32. The van der Waals surface area contributed by atoms with E-state index in [9.17, 15) is 4.79 Å². The molecule has 146 valence electrons. The summed E-state index contributed by atoms with van der Waals surface area (Å²) in [5.41, 5.74) is 5.08. The van der Waals surface area contributed by atoms with Gasteiger partial charge in [0.15, 0.2) is 0 Å². The highest BCUT2D eigenvalue weighted by atomic mass is 16.6. The van der Waals surface area contributed by atoms with Crippen LogP contribution in [-0.2, 0) is 14.4 Å². The van der Waals surface area contributed by atoms with E-state index in [-0.39, 0.29) is 23.8 Å². The van der Waals surface area contributed by atoms with Gasteiger partial charge in [-0.1, -0.05) is 53.7 Å². The third-order valence-electron chi connectivity index (χ3n) is 5.58. The molecule has 1 aliphatic heterocycles. The van der Waals surface area contributed by atoms with Crippen molar-refractivity contribution < 1.29 is 14.4 Å². The van der Waals surface area contributed by atoms with Crippen molar-refractivity contribution in [2.45, 2.75) is 31.7 Å². The Morgan fingerprint density at radius 3 is 2.39 bits per heavy atom. The molecule has 2 aromatic carbocycles. The molecule has 1 heterocycles. The summed E-state index contributed by atoms with van der Waals surface area (Å²) in [7, 11) is 0. The van der Waals surface area contributed by atoms with Crippen molar-refractivity contribution in [3.8, 4) is 11.1 Å². The highest BCUT2D eigenvalue weighted by molar-refractivity contribution is 5.89. The zero-order chi connectivity index (χ0) is 19.3. The van der Waals surface area contributed by atoms with Gasteiger partial charge < -0.3 is 14.9 Å². The molecule has 0 aromatic heterocycles. The smallest absolute Gasteiger partial charge is 0.310 e. The minimum Gasteiger partial charge on any atom is -0.466 e. The third kappa shape index (κ3) is 3.80. The average molecular weight is 378 g/mol. The van der Waals surface area contributed by atoms with E-state index in [4.69, 9.17) is 9.57 Å². The summed E-state index contributed by atoms with van der Waals surface area (Å²) in [6, 6.07) is 17.1. The fourth-order valence-electron chi connectivity index (χ4n) is 4.11. The molecule has 0 saturated carbocycles. The van der Waals surface area contributed by atoms with Crippen molar-refractivity contribution in [2.24, 2.45) is 11.1 Å². The standard InChI is InChI=1S/C23H26N2O3/c1-2-27-23(26)16-11-12-17(24-13-16)15-28-25-14-22-20-9-5-3-7-18(20)19-8-4-6-10-21(19)22/h3-10,14,16-17,22,24H,2,11-13,15H2,1H3/b25-14+/t16-,17-/m1/s1. The van der Waals surface area contributed by atoms with Crippen LogP contribution in [0.2, 0.25) is 0 Å². The molecule has 2 aromatic rings. The molecule has 2 atom stereocenters. The van der Waals surface area contributed by atoms with Crippen molar-refractivity contribution >= 4 is 12.2 Å². The number of hydrogen-bond acceptors (Lipinski definition) is 5. The Morgan fingerprint density at radius 1 is 1.11 bits per heavy atom. The van der Waals surface area contributed by atoms with E-state index in [1.165, 1.54) is 22.3 Å². The van der Waals surface area contributed by atoms with Crippen molar-refractivity contribution in [2.75, 3.05) is 19.8 Å². The van der Waals surface area contributed by atoms with Gasteiger partial charge in [-0.15, -0.1) is 0 Å². The maximum atomic E-state index is 11.8. The zero-order valence-corrected chi connectivity index (χ0v) is 16.1. The first kappa shape index (κ1) is 18.7. The van der Waals surface area contributed by atoms with Crippen LogP contribution >= 0.6 is 0 Å². The van der Waals surface area contributed by atoms with Crippen molar-refractivity contribution in [1.29, 1.82) is 0 Å². The fraction of sp³-hybridized carbons (Fsp3) is 0.391. The van der Waals surface area contributed by atoms with Gasteiger partial charge in [-0.25, -0.2) is 0 Å². The number of hydrogen-bond donors (Lipinski definition) is 1. The van der Waals surface area contributed by atoms with Crippen molar-refractivity contribution in [3.63, 3.8) is 0 Å². The van der Waals surface area contributed by atoms with Crippen LogP contribution in [0.25, 0.3) is 11.1 Å². The van der Waals surface area contributed by atoms with Gasteiger partial charge in [0.25, 0.3) is 0 Å². The van der Waals surface area contributed by atoms with Crippen molar-refractivity contribution in [3.05, 3.63) is 59.7 Å². The molecule has 4 rings (SSSR count). The molecule has 1 aliphatic carbocycles. The monoisotopic (exact) mass is 378 g/mol. The second-order valence-electron chi connectivity index (χ2n) is 7.33. The van der Waals surface area contributed by atoms with E-state index in [2.05, 4.69) is 59.0 Å². The normalized spacial score (nSPS) is 21.3. The van der Waals surface area contributed by atoms with Gasteiger partial charge in [-0.2, -0.15) is 0 Å². The van der Waals surface area contributed by atoms with Gasteiger partial charge >= 0.3 is 5.97 Å². The number of nitrogens with one attached hydrogen (secondary N) is 1. The van der Waals surface area contributed by atoms with Crippen LogP contribution < -0.4 is 5.32 Å². The number of oxime groups is 1. The molecule has 5 nitrogen and oxygen atoms in total. The number of piperidine rings is 1. The number of ether oxygens (including phenoxy) is 1. The summed E-state index contributed by atoms with van der Waals surface area (Å²) in [4.78, 5) is 17.4. The molecule has 1 fully saturated rings. The number of esters is 1. The minimum absolute atomic E-state index is 0.0498. The molecular weight excluding hydrogens is 352 g/mol. The predicted octanol–water partition coefficient (Wildman–Crippen LogP) is 3.73. The van der Waals surface area contributed by atoms with E-state index in [0.717, 1.165) is 12.8 Å². The second kappa shape index (κ2) is 8.57. The molecule has 5 heteroatoms. The highest BCUT2D eigenvalue weighted by Gasteiger charge is 2.28.